The standard InChI is InChI=1S/C16H20F2N4O/c17-12-4-5-15(18)14(7-12)16(23)9-21-6-2-1-3-13(21)8-22-11-19-10-20-22/h4-5,7,10-11,13,16,23H,1-3,6,8-9H2/t13-,16-/m1/s1. The summed E-state index contributed by atoms with van der Waals surface area (Å²) in [6, 6.07) is 3.38. The van der Waals surface area contributed by atoms with Gasteiger partial charge in [0.2, 0.25) is 0 Å². The SMILES string of the molecule is O[C@H](CN1CCCC[C@@H]1Cn1cncn1)c1cc(F)ccc1F. The van der Waals surface area contributed by atoms with Crippen LogP contribution in [0, 0.1) is 11.6 Å². The molecule has 2 heterocycles. The zero-order chi connectivity index (χ0) is 16.2. The zero-order valence-electron chi connectivity index (χ0n) is 12.8. The molecule has 3 rings (SSSR count). The molecule has 0 spiro atoms. The lowest BCUT2D eigenvalue weighted by molar-refractivity contribution is 0.0573. The van der Waals surface area contributed by atoms with Gasteiger partial charge < -0.3 is 5.11 Å². The van der Waals surface area contributed by atoms with Crippen molar-refractivity contribution in [1.82, 2.24) is 19.7 Å². The molecule has 0 aliphatic carbocycles. The molecule has 23 heavy (non-hydrogen) atoms. The summed E-state index contributed by atoms with van der Waals surface area (Å²) in [7, 11) is 0. The van der Waals surface area contributed by atoms with Crippen LogP contribution in [0.15, 0.2) is 30.9 Å². The molecule has 1 aromatic carbocycles. The number of piperidine rings is 1. The number of halogens is 2. The molecule has 1 aliphatic rings. The Kier molecular flexibility index (Phi) is 4.97. The van der Waals surface area contributed by atoms with Crippen LogP contribution in [0.5, 0.6) is 0 Å². The average Bonchev–Trinajstić information content (AvgIpc) is 3.04. The molecule has 0 saturated carbocycles. The predicted molar refractivity (Wildman–Crippen MR) is 80.6 cm³/mol. The molecule has 124 valence electrons. The summed E-state index contributed by atoms with van der Waals surface area (Å²) in [6.07, 6.45) is 5.23. The van der Waals surface area contributed by atoms with E-state index >= 15 is 0 Å². The van der Waals surface area contributed by atoms with Crippen molar-refractivity contribution in [2.75, 3.05) is 13.1 Å². The van der Waals surface area contributed by atoms with Crippen LogP contribution < -0.4 is 0 Å². The van der Waals surface area contributed by atoms with Crippen molar-refractivity contribution in [1.29, 1.82) is 0 Å². The van der Waals surface area contributed by atoms with Crippen molar-refractivity contribution in [3.05, 3.63) is 48.1 Å². The van der Waals surface area contributed by atoms with E-state index in [0.717, 1.165) is 44.0 Å². The first kappa shape index (κ1) is 16.0. The normalized spacial score (nSPS) is 20.6. The van der Waals surface area contributed by atoms with Crippen molar-refractivity contribution in [2.24, 2.45) is 0 Å². The molecule has 2 aromatic rings. The second kappa shape index (κ2) is 7.14. The maximum absolute atomic E-state index is 13.8. The fraction of sp³-hybridized carbons (Fsp3) is 0.500. The fourth-order valence-electron chi connectivity index (χ4n) is 3.14. The summed E-state index contributed by atoms with van der Waals surface area (Å²) < 4.78 is 28.9. The van der Waals surface area contributed by atoms with E-state index < -0.39 is 17.7 Å². The number of aliphatic hydroxyl groups excluding tert-OH is 1. The third-order valence-electron chi connectivity index (χ3n) is 4.34. The molecule has 1 saturated heterocycles. The van der Waals surface area contributed by atoms with Gasteiger partial charge in [0.25, 0.3) is 0 Å². The first-order valence-corrected chi connectivity index (χ1v) is 7.83. The van der Waals surface area contributed by atoms with Crippen molar-refractivity contribution in [3.8, 4) is 0 Å². The predicted octanol–water partition coefficient (Wildman–Crippen LogP) is 2.14. The van der Waals surface area contributed by atoms with Crippen molar-refractivity contribution < 1.29 is 13.9 Å². The van der Waals surface area contributed by atoms with Gasteiger partial charge in [0, 0.05) is 18.2 Å². The van der Waals surface area contributed by atoms with E-state index in [-0.39, 0.29) is 18.2 Å². The lowest BCUT2D eigenvalue weighted by Crippen LogP contribution is -2.44. The Hall–Kier alpha value is -1.86. The fourth-order valence-corrected chi connectivity index (χ4v) is 3.14. The molecular formula is C16H20F2N4O. The van der Waals surface area contributed by atoms with Crippen LogP contribution in [0.25, 0.3) is 0 Å². The lowest BCUT2D eigenvalue weighted by Gasteiger charge is -2.36. The molecule has 0 radical (unpaired) electrons. The highest BCUT2D eigenvalue weighted by molar-refractivity contribution is 5.21. The van der Waals surface area contributed by atoms with Crippen molar-refractivity contribution in [3.63, 3.8) is 0 Å². The maximum atomic E-state index is 13.8. The quantitative estimate of drug-likeness (QED) is 0.916. The number of β-amino-alcohol motifs (C(OH)–C–C–N with tert-alkyl or cyclic N) is 1. The lowest BCUT2D eigenvalue weighted by atomic mass is 10.00. The van der Waals surface area contributed by atoms with Gasteiger partial charge in [-0.25, -0.2) is 13.8 Å². The third kappa shape index (κ3) is 3.92. The second-order valence-electron chi connectivity index (χ2n) is 5.94. The number of likely N-dealkylation sites (tertiary alicyclic amines) is 1. The van der Waals surface area contributed by atoms with Crippen LogP contribution in [0.3, 0.4) is 0 Å². The topological polar surface area (TPSA) is 54.2 Å². The second-order valence-corrected chi connectivity index (χ2v) is 5.94. The largest absolute Gasteiger partial charge is 0.387 e. The van der Waals surface area contributed by atoms with Crippen molar-refractivity contribution in [2.45, 2.75) is 38.0 Å². The summed E-state index contributed by atoms with van der Waals surface area (Å²) in [5, 5.41) is 14.5. The van der Waals surface area contributed by atoms with Gasteiger partial charge in [0.05, 0.1) is 12.6 Å². The van der Waals surface area contributed by atoms with Gasteiger partial charge in [-0.1, -0.05) is 6.42 Å². The van der Waals surface area contributed by atoms with E-state index in [0.29, 0.717) is 6.54 Å². The molecule has 1 N–H and O–H groups in total. The Balaban J connectivity index is 1.69. The van der Waals surface area contributed by atoms with Gasteiger partial charge in [-0.15, -0.1) is 0 Å². The minimum Gasteiger partial charge on any atom is -0.387 e. The van der Waals surface area contributed by atoms with Crippen LogP contribution in [-0.2, 0) is 6.54 Å². The monoisotopic (exact) mass is 322 g/mol. The highest BCUT2D eigenvalue weighted by atomic mass is 19.1. The third-order valence-corrected chi connectivity index (χ3v) is 4.34. The number of aromatic nitrogens is 3. The number of nitrogens with zero attached hydrogens (tertiary/aromatic N) is 4. The van der Waals surface area contributed by atoms with Crippen LogP contribution in [0.1, 0.15) is 30.9 Å². The summed E-state index contributed by atoms with van der Waals surface area (Å²) in [5.41, 5.74) is 0.00933. The van der Waals surface area contributed by atoms with Gasteiger partial charge in [-0.05, 0) is 37.6 Å². The van der Waals surface area contributed by atoms with Gasteiger partial charge >= 0.3 is 0 Å². The number of hydrogen-bond acceptors (Lipinski definition) is 4. The zero-order valence-corrected chi connectivity index (χ0v) is 12.8. The molecule has 0 amide bonds. The van der Waals surface area contributed by atoms with Crippen LogP contribution in [-0.4, -0.2) is 43.9 Å². The Morgan fingerprint density at radius 2 is 2.17 bits per heavy atom. The van der Waals surface area contributed by atoms with Crippen LogP contribution in [0.4, 0.5) is 8.78 Å². The van der Waals surface area contributed by atoms with E-state index in [9.17, 15) is 13.9 Å². The van der Waals surface area contributed by atoms with Crippen LogP contribution >= 0.6 is 0 Å². The van der Waals surface area contributed by atoms with Crippen molar-refractivity contribution >= 4 is 0 Å². The Labute approximate surface area is 133 Å². The Morgan fingerprint density at radius 1 is 1.30 bits per heavy atom. The summed E-state index contributed by atoms with van der Waals surface area (Å²) in [6.45, 7) is 1.78. The smallest absolute Gasteiger partial charge is 0.137 e. The summed E-state index contributed by atoms with van der Waals surface area (Å²) in [5.74, 6) is -1.12. The van der Waals surface area contributed by atoms with E-state index in [4.69, 9.17) is 0 Å². The van der Waals surface area contributed by atoms with Gasteiger partial charge in [-0.2, -0.15) is 5.10 Å². The van der Waals surface area contributed by atoms with Crippen LogP contribution in [0.2, 0.25) is 0 Å². The van der Waals surface area contributed by atoms with E-state index in [1.807, 2.05) is 0 Å². The number of aliphatic hydroxyl groups is 1. The minimum absolute atomic E-state index is 0.00933. The number of rotatable bonds is 5. The Bertz CT molecular complexity index is 635. The molecule has 0 unspecified atom stereocenters. The first-order chi connectivity index (χ1) is 11.1. The van der Waals surface area contributed by atoms with Gasteiger partial charge in [0.1, 0.15) is 24.3 Å². The average molecular weight is 322 g/mol. The molecule has 1 aliphatic heterocycles. The molecule has 5 nitrogen and oxygen atoms in total. The highest BCUT2D eigenvalue weighted by Gasteiger charge is 2.26. The first-order valence-electron chi connectivity index (χ1n) is 7.83. The molecule has 1 fully saturated rings. The van der Waals surface area contributed by atoms with E-state index in [1.54, 1.807) is 11.0 Å². The number of benzene rings is 1. The highest BCUT2D eigenvalue weighted by Crippen LogP contribution is 2.24. The van der Waals surface area contributed by atoms with Gasteiger partial charge in [-0.3, -0.25) is 9.58 Å². The minimum atomic E-state index is -1.05. The number of hydrogen-bond donors (Lipinski definition) is 1. The Morgan fingerprint density at radius 3 is 2.96 bits per heavy atom. The van der Waals surface area contributed by atoms with E-state index in [1.165, 1.54) is 6.33 Å². The summed E-state index contributed by atoms with van der Waals surface area (Å²) >= 11 is 0. The molecule has 7 heteroatoms. The molecule has 1 aromatic heterocycles. The molecular weight excluding hydrogens is 302 g/mol. The molecule has 0 bridgehead atoms. The van der Waals surface area contributed by atoms with Gasteiger partial charge in [0.15, 0.2) is 0 Å². The van der Waals surface area contributed by atoms with E-state index in [2.05, 4.69) is 15.0 Å². The maximum Gasteiger partial charge on any atom is 0.137 e. The molecule has 2 atom stereocenters. The summed E-state index contributed by atoms with van der Waals surface area (Å²) in [4.78, 5) is 6.06.